The lowest BCUT2D eigenvalue weighted by Gasteiger charge is -2.26. The summed E-state index contributed by atoms with van der Waals surface area (Å²) in [5.41, 5.74) is -2.57. The van der Waals surface area contributed by atoms with Crippen LogP contribution in [0.3, 0.4) is 0 Å². The van der Waals surface area contributed by atoms with Gasteiger partial charge in [0.15, 0.2) is 0 Å². The first-order valence-corrected chi connectivity index (χ1v) is 9.01. The van der Waals surface area contributed by atoms with Crippen molar-refractivity contribution in [2.45, 2.75) is 33.4 Å². The average molecular weight is 437 g/mol. The van der Waals surface area contributed by atoms with E-state index in [9.17, 15) is 31.9 Å². The molecule has 1 amide bonds. The minimum Gasteiger partial charge on any atom is -0.343 e. The molecule has 0 radical (unpaired) electrons. The number of alkyl halides is 3. The van der Waals surface area contributed by atoms with Crippen LogP contribution in [0.4, 0.5) is 23.2 Å². The van der Waals surface area contributed by atoms with Gasteiger partial charge in [0, 0.05) is 30.4 Å². The molecule has 0 fully saturated rings. The molecule has 1 aromatic carbocycles. The molecule has 1 aromatic heterocycles. The predicted molar refractivity (Wildman–Crippen MR) is 103 cm³/mol. The molecule has 31 heavy (non-hydrogen) atoms. The highest BCUT2D eigenvalue weighted by molar-refractivity contribution is 6.44. The van der Waals surface area contributed by atoms with E-state index >= 15 is 0 Å². The van der Waals surface area contributed by atoms with Crippen LogP contribution in [0.5, 0.6) is 0 Å². The molecule has 0 aliphatic rings. The van der Waals surface area contributed by atoms with E-state index in [-0.39, 0.29) is 28.2 Å². The number of ketones is 2. The number of halogens is 4. The standard InChI is InChI=1S/C21H19F4N3O3/c1-11-14(18(30)17(29)9-20(2,3)21(23,24)25)8-16(28(11)4)19(31)27-13-5-6-15(22)12(7-13)10-26/h5-8H,9H2,1-4H3,(H,27,31). The maximum absolute atomic E-state index is 13.4. The second-order valence-electron chi connectivity index (χ2n) is 7.66. The first-order valence-electron chi connectivity index (χ1n) is 9.01. The van der Waals surface area contributed by atoms with Crippen LogP contribution in [0.1, 0.15) is 52.4 Å². The molecule has 0 unspecified atom stereocenters. The summed E-state index contributed by atoms with van der Waals surface area (Å²) in [6.07, 6.45) is -5.70. The summed E-state index contributed by atoms with van der Waals surface area (Å²) in [5, 5.41) is 11.3. The van der Waals surface area contributed by atoms with Crippen LogP contribution in [0.15, 0.2) is 24.3 Å². The molecule has 2 rings (SSSR count). The molecule has 0 bridgehead atoms. The topological polar surface area (TPSA) is 92.0 Å². The van der Waals surface area contributed by atoms with Crippen molar-refractivity contribution in [2.75, 3.05) is 5.32 Å². The number of aromatic nitrogens is 1. The lowest BCUT2D eigenvalue weighted by Crippen LogP contribution is -2.36. The molecular weight excluding hydrogens is 418 g/mol. The normalized spacial score (nSPS) is 11.7. The van der Waals surface area contributed by atoms with E-state index in [4.69, 9.17) is 5.26 Å². The van der Waals surface area contributed by atoms with Crippen molar-refractivity contribution in [1.82, 2.24) is 4.57 Å². The second-order valence-corrected chi connectivity index (χ2v) is 7.66. The summed E-state index contributed by atoms with van der Waals surface area (Å²) in [6.45, 7) is 3.10. The number of anilines is 1. The zero-order valence-corrected chi connectivity index (χ0v) is 17.1. The van der Waals surface area contributed by atoms with E-state index in [1.54, 1.807) is 6.07 Å². The summed E-state index contributed by atoms with van der Waals surface area (Å²) in [6, 6.07) is 6.11. The number of nitrogens with one attached hydrogen (secondary N) is 1. The first kappa shape index (κ1) is 23.8. The SMILES string of the molecule is Cc1c(C(=O)C(=O)CC(C)(C)C(F)(F)F)cc(C(=O)Nc2ccc(F)c(C#N)c2)n1C. The van der Waals surface area contributed by atoms with Gasteiger partial charge in [-0.2, -0.15) is 18.4 Å². The minimum atomic E-state index is -4.67. The van der Waals surface area contributed by atoms with Gasteiger partial charge in [0.1, 0.15) is 17.6 Å². The Labute approximate surface area is 175 Å². The highest BCUT2D eigenvalue weighted by Crippen LogP contribution is 2.40. The number of carbonyl (C=O) groups excluding carboxylic acids is 3. The van der Waals surface area contributed by atoms with Crippen molar-refractivity contribution in [3.05, 3.63) is 52.6 Å². The van der Waals surface area contributed by atoms with Crippen LogP contribution in [0.25, 0.3) is 0 Å². The number of hydrogen-bond donors (Lipinski definition) is 1. The largest absolute Gasteiger partial charge is 0.394 e. The molecule has 6 nitrogen and oxygen atoms in total. The van der Waals surface area contributed by atoms with Gasteiger partial charge in [-0.15, -0.1) is 0 Å². The van der Waals surface area contributed by atoms with Crippen LogP contribution in [0.2, 0.25) is 0 Å². The molecule has 0 saturated carbocycles. The Kier molecular flexibility index (Phi) is 6.40. The number of amides is 1. The second kappa shape index (κ2) is 8.34. The zero-order chi connectivity index (χ0) is 23.7. The van der Waals surface area contributed by atoms with Gasteiger partial charge >= 0.3 is 6.18 Å². The fourth-order valence-corrected chi connectivity index (χ4v) is 2.76. The predicted octanol–water partition coefficient (Wildman–Crippen LogP) is 4.33. The van der Waals surface area contributed by atoms with Crippen molar-refractivity contribution in [1.29, 1.82) is 5.26 Å². The Hall–Kier alpha value is -3.48. The summed E-state index contributed by atoms with van der Waals surface area (Å²) in [4.78, 5) is 37.3. The lowest BCUT2D eigenvalue weighted by atomic mass is 9.85. The molecule has 1 N–H and O–H groups in total. The van der Waals surface area contributed by atoms with Gasteiger partial charge in [-0.25, -0.2) is 4.39 Å². The Morgan fingerprint density at radius 3 is 2.32 bits per heavy atom. The van der Waals surface area contributed by atoms with E-state index < -0.39 is 41.3 Å². The van der Waals surface area contributed by atoms with E-state index in [1.807, 2.05) is 0 Å². The monoisotopic (exact) mass is 437 g/mol. The molecule has 164 valence electrons. The van der Waals surface area contributed by atoms with Crippen molar-refractivity contribution in [3.63, 3.8) is 0 Å². The Bertz CT molecular complexity index is 1110. The molecule has 0 spiro atoms. The van der Waals surface area contributed by atoms with Crippen molar-refractivity contribution < 1.29 is 31.9 Å². The summed E-state index contributed by atoms with van der Waals surface area (Å²) < 4.78 is 53.8. The van der Waals surface area contributed by atoms with Crippen LogP contribution in [-0.2, 0) is 11.8 Å². The number of benzene rings is 1. The molecule has 10 heteroatoms. The fraction of sp³-hybridized carbons (Fsp3) is 0.333. The Morgan fingerprint density at radius 2 is 1.77 bits per heavy atom. The van der Waals surface area contributed by atoms with Crippen LogP contribution in [0, 0.1) is 29.5 Å². The molecule has 0 atom stereocenters. The van der Waals surface area contributed by atoms with Crippen molar-refractivity contribution in [3.8, 4) is 6.07 Å². The van der Waals surface area contributed by atoms with Crippen LogP contribution < -0.4 is 5.32 Å². The van der Waals surface area contributed by atoms with E-state index in [0.717, 1.165) is 32.0 Å². The summed E-state index contributed by atoms with van der Waals surface area (Å²) in [7, 11) is 1.44. The lowest BCUT2D eigenvalue weighted by molar-refractivity contribution is -0.212. The molecule has 0 aliphatic heterocycles. The minimum absolute atomic E-state index is 0.0495. The van der Waals surface area contributed by atoms with Crippen LogP contribution in [-0.4, -0.2) is 28.2 Å². The fourth-order valence-electron chi connectivity index (χ4n) is 2.76. The van der Waals surface area contributed by atoms with Gasteiger partial charge in [-0.05, 0) is 31.2 Å². The van der Waals surface area contributed by atoms with Gasteiger partial charge in [0.2, 0.25) is 11.6 Å². The third kappa shape index (κ3) is 4.82. The van der Waals surface area contributed by atoms with E-state index in [2.05, 4.69) is 5.32 Å². The summed E-state index contributed by atoms with van der Waals surface area (Å²) >= 11 is 0. The third-order valence-electron chi connectivity index (χ3n) is 4.98. The van der Waals surface area contributed by atoms with Gasteiger partial charge in [-0.3, -0.25) is 14.4 Å². The molecular formula is C21H19F4N3O3. The summed E-state index contributed by atoms with van der Waals surface area (Å²) in [5.74, 6) is -3.83. The van der Waals surface area contributed by atoms with Gasteiger partial charge < -0.3 is 9.88 Å². The van der Waals surface area contributed by atoms with Crippen molar-refractivity contribution in [2.24, 2.45) is 12.5 Å². The average Bonchev–Trinajstić information content (AvgIpc) is 2.96. The maximum Gasteiger partial charge on any atom is 0.394 e. The van der Waals surface area contributed by atoms with Crippen LogP contribution >= 0.6 is 0 Å². The third-order valence-corrected chi connectivity index (χ3v) is 4.98. The van der Waals surface area contributed by atoms with Gasteiger partial charge in [-0.1, -0.05) is 13.8 Å². The number of carbonyl (C=O) groups is 3. The van der Waals surface area contributed by atoms with E-state index in [1.165, 1.54) is 24.6 Å². The highest BCUT2D eigenvalue weighted by atomic mass is 19.4. The smallest absolute Gasteiger partial charge is 0.343 e. The number of nitriles is 1. The number of rotatable bonds is 6. The van der Waals surface area contributed by atoms with Gasteiger partial charge in [0.05, 0.1) is 11.0 Å². The number of Topliss-reactive ketones (excluding diaryl/α,β-unsaturated/α-hetero) is 2. The van der Waals surface area contributed by atoms with Crippen molar-refractivity contribution >= 4 is 23.2 Å². The van der Waals surface area contributed by atoms with E-state index in [0.29, 0.717) is 0 Å². The zero-order valence-electron chi connectivity index (χ0n) is 17.1. The molecule has 2 aromatic rings. The maximum atomic E-state index is 13.4. The Morgan fingerprint density at radius 1 is 1.16 bits per heavy atom. The molecule has 0 aliphatic carbocycles. The molecule has 0 saturated heterocycles. The Balaban J connectivity index is 2.28. The first-order chi connectivity index (χ1) is 14.2. The quantitative estimate of drug-likeness (QED) is 0.414. The molecule has 1 heterocycles. The highest BCUT2D eigenvalue weighted by Gasteiger charge is 2.49. The van der Waals surface area contributed by atoms with Gasteiger partial charge in [0.25, 0.3) is 5.91 Å². The number of nitrogens with zero attached hydrogens (tertiary/aromatic N) is 2. The number of hydrogen-bond acceptors (Lipinski definition) is 4.